The largest absolute Gasteiger partial charge is 0.434 e. The van der Waals surface area contributed by atoms with E-state index in [1.807, 2.05) is 0 Å². The molecule has 5 rings (SSSR count). The summed E-state index contributed by atoms with van der Waals surface area (Å²) in [6, 6.07) is 4.35. The zero-order valence-corrected chi connectivity index (χ0v) is 23.3. The van der Waals surface area contributed by atoms with Gasteiger partial charge in [-0.3, -0.25) is 4.72 Å². The summed E-state index contributed by atoms with van der Waals surface area (Å²) >= 11 is 1.32. The number of anilines is 2. The average Bonchev–Trinajstić information content (AvgIpc) is 3.24. The number of thiazole rings is 1. The van der Waals surface area contributed by atoms with Crippen molar-refractivity contribution in [3.05, 3.63) is 47.4 Å². The fraction of sp³-hybridized carbons (Fsp3) is 0.423. The lowest BCUT2D eigenvalue weighted by atomic mass is 9.86. The summed E-state index contributed by atoms with van der Waals surface area (Å²) in [4.78, 5) is 13.8. The van der Waals surface area contributed by atoms with Crippen LogP contribution in [0, 0.1) is 12.7 Å². The Kier molecular flexibility index (Phi) is 7.57. The minimum absolute atomic E-state index is 0.0201. The Bertz CT molecular complexity index is 1490. The first-order chi connectivity index (χ1) is 18.6. The number of alkyl halides is 1. The molecule has 3 heterocycles. The third kappa shape index (κ3) is 5.61. The van der Waals surface area contributed by atoms with Crippen LogP contribution in [0.5, 0.6) is 11.6 Å². The Morgan fingerprint density at radius 2 is 2.05 bits per heavy atom. The molecule has 1 aliphatic heterocycles. The molecule has 13 heteroatoms. The Balaban J connectivity index is 1.40. The Hall–Kier alpha value is -3.16. The number of rotatable bonds is 9. The number of sulfonamides is 1. The van der Waals surface area contributed by atoms with Crippen molar-refractivity contribution >= 4 is 39.1 Å². The molecule has 2 aromatic heterocycles. The summed E-state index contributed by atoms with van der Waals surface area (Å²) in [6.07, 6.45) is 4.17. The van der Waals surface area contributed by atoms with E-state index in [4.69, 9.17) is 4.74 Å². The van der Waals surface area contributed by atoms with Gasteiger partial charge in [0.05, 0.1) is 21.1 Å². The van der Waals surface area contributed by atoms with Gasteiger partial charge in [0, 0.05) is 37.3 Å². The monoisotopic (exact) mass is 576 g/mol. The lowest BCUT2D eigenvalue weighted by Gasteiger charge is -2.37. The number of nitrogens with one attached hydrogen (secondary N) is 3. The fourth-order valence-electron chi connectivity index (χ4n) is 4.63. The highest BCUT2D eigenvalue weighted by Gasteiger charge is 2.44. The Labute approximate surface area is 230 Å². The summed E-state index contributed by atoms with van der Waals surface area (Å²) < 4.78 is 62.7. The number of aromatic nitrogens is 3. The molecule has 1 aromatic carbocycles. The lowest BCUT2D eigenvalue weighted by molar-refractivity contribution is 0.254. The van der Waals surface area contributed by atoms with Crippen LogP contribution in [0.4, 0.5) is 20.4 Å². The summed E-state index contributed by atoms with van der Waals surface area (Å²) in [5.74, 6) is -0.419. The van der Waals surface area contributed by atoms with E-state index in [2.05, 4.69) is 36.9 Å². The maximum Gasteiger partial charge on any atom is 0.240 e. The standard InChI is InChI=1S/C26H30F2N6O3S2/c1-4-18-19(34-39(35,36)26(3)9-5-10-26)6-7-21(22(18)28)37-24-23(38-15(2)31-24)20-8-11-30-25(33-20)32-17-12-16(27)13-29-14-17/h4,6-8,11,16-17,29,34H,1,5,9-10,12-14H2,2-3H3,(H,30,32,33)/t16-,17-/m0/s1. The van der Waals surface area contributed by atoms with Crippen LogP contribution in [-0.4, -0.2) is 53.4 Å². The lowest BCUT2D eigenvalue weighted by Crippen LogP contribution is -2.45. The highest BCUT2D eigenvalue weighted by molar-refractivity contribution is 7.94. The van der Waals surface area contributed by atoms with Gasteiger partial charge in [0.2, 0.25) is 21.9 Å². The number of hydrogen-bond donors (Lipinski definition) is 3. The van der Waals surface area contributed by atoms with E-state index >= 15 is 4.39 Å². The van der Waals surface area contributed by atoms with Crippen molar-refractivity contribution in [1.29, 1.82) is 0 Å². The summed E-state index contributed by atoms with van der Waals surface area (Å²) in [6.45, 7) is 8.07. The first kappa shape index (κ1) is 27.4. The molecule has 3 N–H and O–H groups in total. The molecule has 1 saturated carbocycles. The third-order valence-corrected chi connectivity index (χ3v) is 10.2. The van der Waals surface area contributed by atoms with Crippen molar-refractivity contribution in [2.45, 2.75) is 56.5 Å². The van der Waals surface area contributed by atoms with E-state index in [0.717, 1.165) is 6.42 Å². The normalized spacial score (nSPS) is 20.6. The molecule has 39 heavy (non-hydrogen) atoms. The van der Waals surface area contributed by atoms with Gasteiger partial charge < -0.3 is 15.4 Å². The highest BCUT2D eigenvalue weighted by atomic mass is 32.2. The van der Waals surface area contributed by atoms with Gasteiger partial charge in [0.1, 0.15) is 11.0 Å². The fourth-order valence-corrected chi connectivity index (χ4v) is 6.99. The van der Waals surface area contributed by atoms with E-state index in [0.29, 0.717) is 53.9 Å². The second kappa shape index (κ2) is 10.8. The van der Waals surface area contributed by atoms with Gasteiger partial charge in [0.25, 0.3) is 0 Å². The van der Waals surface area contributed by atoms with Gasteiger partial charge in [0.15, 0.2) is 11.6 Å². The van der Waals surface area contributed by atoms with Crippen molar-refractivity contribution in [2.75, 3.05) is 23.1 Å². The number of ether oxygens (including phenoxy) is 1. The molecule has 3 aromatic rings. The maximum absolute atomic E-state index is 15.6. The molecule has 0 bridgehead atoms. The quantitative estimate of drug-likeness (QED) is 0.315. The highest BCUT2D eigenvalue weighted by Crippen LogP contribution is 2.42. The van der Waals surface area contributed by atoms with E-state index in [9.17, 15) is 12.8 Å². The zero-order valence-electron chi connectivity index (χ0n) is 21.6. The molecule has 1 saturated heterocycles. The van der Waals surface area contributed by atoms with Gasteiger partial charge in [-0.1, -0.05) is 19.1 Å². The SMILES string of the molecule is C=Cc1c(NS(=O)(=O)C2(C)CCC2)ccc(Oc2nc(C)sc2-c2ccnc(N[C@@H]3CNC[C@@H](F)C3)n2)c1F. The smallest absolute Gasteiger partial charge is 0.240 e. The number of aryl methyl sites for hydroxylation is 1. The topological polar surface area (TPSA) is 118 Å². The van der Waals surface area contributed by atoms with E-state index in [1.165, 1.54) is 29.5 Å². The van der Waals surface area contributed by atoms with Crippen LogP contribution in [0.15, 0.2) is 31.0 Å². The van der Waals surface area contributed by atoms with E-state index in [-0.39, 0.29) is 28.9 Å². The van der Waals surface area contributed by atoms with Crippen molar-refractivity contribution in [3.63, 3.8) is 0 Å². The molecule has 9 nitrogen and oxygen atoms in total. The summed E-state index contributed by atoms with van der Waals surface area (Å²) in [5.41, 5.74) is 0.585. The van der Waals surface area contributed by atoms with Crippen LogP contribution in [0.3, 0.4) is 0 Å². The Morgan fingerprint density at radius 3 is 2.74 bits per heavy atom. The summed E-state index contributed by atoms with van der Waals surface area (Å²) in [5, 5.41) is 6.86. The Morgan fingerprint density at radius 1 is 1.26 bits per heavy atom. The number of hydrogen-bond acceptors (Lipinski definition) is 9. The molecular weight excluding hydrogens is 546 g/mol. The minimum atomic E-state index is -3.72. The minimum Gasteiger partial charge on any atom is -0.434 e. The van der Waals surface area contributed by atoms with Crippen molar-refractivity contribution in [3.8, 4) is 22.2 Å². The van der Waals surface area contributed by atoms with Crippen molar-refractivity contribution in [2.24, 2.45) is 0 Å². The third-order valence-electron chi connectivity index (χ3n) is 7.08. The molecule has 0 spiro atoms. The van der Waals surface area contributed by atoms with Crippen LogP contribution in [0.25, 0.3) is 16.6 Å². The number of benzene rings is 1. The molecule has 208 valence electrons. The van der Waals surface area contributed by atoms with Crippen LogP contribution in [0.1, 0.15) is 43.2 Å². The average molecular weight is 577 g/mol. The van der Waals surface area contributed by atoms with E-state index in [1.54, 1.807) is 26.1 Å². The molecule has 2 aliphatic rings. The molecule has 0 radical (unpaired) electrons. The van der Waals surface area contributed by atoms with Crippen molar-refractivity contribution in [1.82, 2.24) is 20.3 Å². The first-order valence-electron chi connectivity index (χ1n) is 12.7. The van der Waals surface area contributed by atoms with Gasteiger partial charge >= 0.3 is 0 Å². The predicted molar refractivity (Wildman–Crippen MR) is 149 cm³/mol. The second-order valence-electron chi connectivity index (χ2n) is 10.0. The van der Waals surface area contributed by atoms with Gasteiger partial charge in [-0.15, -0.1) is 11.3 Å². The maximum atomic E-state index is 15.6. The van der Waals surface area contributed by atoms with Crippen LogP contribution in [0.2, 0.25) is 0 Å². The molecule has 0 amide bonds. The number of piperidine rings is 1. The molecule has 0 unspecified atom stereocenters. The first-order valence-corrected chi connectivity index (χ1v) is 15.0. The van der Waals surface area contributed by atoms with Crippen molar-refractivity contribution < 1.29 is 21.9 Å². The number of halogens is 2. The van der Waals surface area contributed by atoms with Crippen LogP contribution < -0.4 is 20.1 Å². The molecule has 1 aliphatic carbocycles. The van der Waals surface area contributed by atoms with Gasteiger partial charge in [-0.05, 0) is 44.9 Å². The predicted octanol–water partition coefficient (Wildman–Crippen LogP) is 5.28. The molecular formula is C26H30F2N6O3S2. The van der Waals surface area contributed by atoms with Gasteiger partial charge in [-0.2, -0.15) is 0 Å². The second-order valence-corrected chi connectivity index (χ2v) is 13.4. The van der Waals surface area contributed by atoms with Crippen LogP contribution in [-0.2, 0) is 10.0 Å². The zero-order chi connectivity index (χ0) is 27.8. The molecule has 2 atom stereocenters. The molecule has 2 fully saturated rings. The van der Waals surface area contributed by atoms with Crippen LogP contribution >= 0.6 is 11.3 Å². The summed E-state index contributed by atoms with van der Waals surface area (Å²) in [7, 11) is -3.72. The van der Waals surface area contributed by atoms with Gasteiger partial charge in [-0.25, -0.2) is 32.2 Å². The van der Waals surface area contributed by atoms with E-state index < -0.39 is 26.8 Å². The number of nitrogens with zero attached hydrogens (tertiary/aromatic N) is 3.